The average Bonchev–Trinajstić information content (AvgIpc) is 3.57. The van der Waals surface area contributed by atoms with Gasteiger partial charge in [-0.3, -0.25) is 0 Å². The molecule has 6 aromatic rings. The van der Waals surface area contributed by atoms with Crippen molar-refractivity contribution in [2.45, 2.75) is 32.8 Å². The summed E-state index contributed by atoms with van der Waals surface area (Å²) in [7, 11) is 5.81. The summed E-state index contributed by atoms with van der Waals surface area (Å²) < 4.78 is 39.9. The Hall–Kier alpha value is -5.10. The largest absolute Gasteiger partial charge is 0.489 e. The molecule has 6 aromatic carbocycles. The van der Waals surface area contributed by atoms with Crippen molar-refractivity contribution < 1.29 is 38.3 Å². The number of ether oxygens (including phenoxy) is 7. The minimum absolute atomic E-state index is 0.00970. The molecule has 0 radical (unpaired) electrons. The second-order valence-electron chi connectivity index (χ2n) is 16.4. The molecular formula is C54H63NO8. The van der Waals surface area contributed by atoms with Gasteiger partial charge < -0.3 is 43.2 Å². The van der Waals surface area contributed by atoms with E-state index in [0.29, 0.717) is 79.3 Å². The van der Waals surface area contributed by atoms with Crippen LogP contribution < -0.4 is 9.64 Å². The molecule has 332 valence electrons. The van der Waals surface area contributed by atoms with E-state index in [1.54, 1.807) is 7.11 Å². The number of rotatable bonds is 24. The number of nitrogens with zero attached hydrogens (tertiary/aromatic N) is 1. The van der Waals surface area contributed by atoms with Crippen molar-refractivity contribution in [2.75, 3.05) is 105 Å². The smallest absolute Gasteiger partial charge is 0.142 e. The highest BCUT2D eigenvalue weighted by molar-refractivity contribution is 5.91. The second kappa shape index (κ2) is 22.0. The lowest BCUT2D eigenvalue weighted by Crippen LogP contribution is -2.29. The minimum Gasteiger partial charge on any atom is -0.489 e. The lowest BCUT2D eigenvalue weighted by Gasteiger charge is -2.36. The first-order chi connectivity index (χ1) is 30.7. The third kappa shape index (κ3) is 10.6. The van der Waals surface area contributed by atoms with Gasteiger partial charge in [0, 0.05) is 21.2 Å². The maximum atomic E-state index is 8.91. The zero-order valence-electron chi connectivity index (χ0n) is 37.8. The van der Waals surface area contributed by atoms with Gasteiger partial charge in [0.15, 0.2) is 0 Å². The summed E-state index contributed by atoms with van der Waals surface area (Å²) in [5.74, 6) is 0.798. The Morgan fingerprint density at radius 2 is 1.06 bits per heavy atom. The van der Waals surface area contributed by atoms with Crippen LogP contribution in [0.25, 0.3) is 33.0 Å². The van der Waals surface area contributed by atoms with E-state index in [0.717, 1.165) is 28.1 Å². The van der Waals surface area contributed by atoms with Crippen molar-refractivity contribution in [1.29, 1.82) is 0 Å². The number of aliphatic hydroxyl groups excluding tert-OH is 1. The highest BCUT2D eigenvalue weighted by Crippen LogP contribution is 2.58. The number of hydrogen-bond acceptors (Lipinski definition) is 9. The molecule has 1 aliphatic rings. The molecule has 0 spiro atoms. The van der Waals surface area contributed by atoms with Gasteiger partial charge in [0.25, 0.3) is 0 Å². The van der Waals surface area contributed by atoms with Crippen LogP contribution in [0.1, 0.15) is 44.5 Å². The molecule has 1 unspecified atom stereocenters. The normalized spacial score (nSPS) is 14.3. The monoisotopic (exact) mass is 853 g/mol. The molecule has 0 amide bonds. The molecule has 9 nitrogen and oxygen atoms in total. The molecular weight excluding hydrogens is 791 g/mol. The molecule has 0 heterocycles. The van der Waals surface area contributed by atoms with Crippen LogP contribution in [0.5, 0.6) is 5.75 Å². The minimum atomic E-state index is -0.661. The van der Waals surface area contributed by atoms with Gasteiger partial charge in [-0.25, -0.2) is 0 Å². The average molecular weight is 854 g/mol. The maximum Gasteiger partial charge on any atom is 0.142 e. The van der Waals surface area contributed by atoms with Crippen LogP contribution >= 0.6 is 0 Å². The van der Waals surface area contributed by atoms with Crippen molar-refractivity contribution >= 4 is 16.5 Å². The summed E-state index contributed by atoms with van der Waals surface area (Å²) >= 11 is 0. The Morgan fingerprint density at radius 1 is 0.508 bits per heavy atom. The Balaban J connectivity index is 1.27. The summed E-state index contributed by atoms with van der Waals surface area (Å²) in [6.45, 7) is 12.2. The summed E-state index contributed by atoms with van der Waals surface area (Å²) in [6, 6.07) is 41.0. The molecule has 0 fully saturated rings. The fraction of sp³-hybridized carbons (Fsp3) is 0.370. The lowest BCUT2D eigenvalue weighted by atomic mass is 9.66. The Morgan fingerprint density at radius 3 is 1.78 bits per heavy atom. The molecule has 9 heteroatoms. The topological polar surface area (TPSA) is 88.1 Å². The number of fused-ring (bicyclic) bond motifs is 4. The summed E-state index contributed by atoms with van der Waals surface area (Å²) in [6.07, 6.45) is 0. The van der Waals surface area contributed by atoms with Crippen molar-refractivity contribution in [3.05, 3.63) is 154 Å². The number of methoxy groups -OCH3 is 1. The van der Waals surface area contributed by atoms with Crippen LogP contribution in [0.15, 0.2) is 109 Å². The molecule has 0 aromatic heterocycles. The lowest BCUT2D eigenvalue weighted by molar-refractivity contribution is 0.00444. The zero-order chi connectivity index (χ0) is 44.2. The van der Waals surface area contributed by atoms with Gasteiger partial charge in [-0.15, -0.1) is 0 Å². The number of hydrogen-bond donors (Lipinski definition) is 1. The van der Waals surface area contributed by atoms with Crippen LogP contribution in [-0.2, 0) is 40.4 Å². The van der Waals surface area contributed by atoms with E-state index < -0.39 is 5.41 Å². The van der Waals surface area contributed by atoms with E-state index in [1.165, 1.54) is 60.8 Å². The first kappa shape index (κ1) is 45.9. The Bertz CT molecular complexity index is 2450. The van der Waals surface area contributed by atoms with Gasteiger partial charge in [0.05, 0.1) is 90.4 Å². The summed E-state index contributed by atoms with van der Waals surface area (Å²) in [4.78, 5) is 2.13. The van der Waals surface area contributed by atoms with Gasteiger partial charge in [0.2, 0.25) is 0 Å². The summed E-state index contributed by atoms with van der Waals surface area (Å²) in [5, 5.41) is 11.4. The molecule has 0 saturated carbocycles. The number of anilines is 1. The molecule has 1 aliphatic carbocycles. The second-order valence-corrected chi connectivity index (χ2v) is 16.4. The van der Waals surface area contributed by atoms with Crippen LogP contribution in [0.3, 0.4) is 0 Å². The molecule has 1 atom stereocenters. The maximum absolute atomic E-state index is 8.91. The van der Waals surface area contributed by atoms with E-state index in [9.17, 15) is 0 Å². The molecule has 7 rings (SSSR count). The molecule has 0 saturated heterocycles. The molecule has 0 aliphatic heterocycles. The van der Waals surface area contributed by atoms with Crippen molar-refractivity contribution in [2.24, 2.45) is 0 Å². The third-order valence-electron chi connectivity index (χ3n) is 11.8. The first-order valence-corrected chi connectivity index (χ1v) is 22.0. The standard InChI is InChI=1S/C54H63NO8/c1-38-7-9-42-34-43(11-10-41(42)31-38)44-13-17-49-48-16-8-39(2)32-50(48)54(51(49)35-44,46-14-12-45(40(3)33-46)37-62-28-27-60-24-23-58-20-19-56)47-15-18-53(52(36-47)55(4)5)63-30-29-61-26-25-59-22-21-57-6/h7-18,31-36,56H,19-30,37H2,1-6H3. The van der Waals surface area contributed by atoms with Crippen molar-refractivity contribution in [1.82, 2.24) is 0 Å². The highest BCUT2D eigenvalue weighted by atomic mass is 16.6. The Kier molecular flexibility index (Phi) is 16.0. The van der Waals surface area contributed by atoms with E-state index in [4.69, 9.17) is 38.3 Å². The van der Waals surface area contributed by atoms with E-state index in [-0.39, 0.29) is 6.61 Å². The Labute approximate surface area is 373 Å². The van der Waals surface area contributed by atoms with Crippen LogP contribution in [0.4, 0.5) is 5.69 Å². The molecule has 63 heavy (non-hydrogen) atoms. The number of benzene rings is 6. The highest BCUT2D eigenvalue weighted by Gasteiger charge is 2.47. The fourth-order valence-corrected chi connectivity index (χ4v) is 8.63. The quantitative estimate of drug-likeness (QED) is 0.0598. The van der Waals surface area contributed by atoms with Crippen LogP contribution in [0, 0.1) is 20.8 Å². The van der Waals surface area contributed by atoms with Gasteiger partial charge in [-0.2, -0.15) is 0 Å². The van der Waals surface area contributed by atoms with Gasteiger partial charge in [-0.05, 0) is 111 Å². The predicted molar refractivity (Wildman–Crippen MR) is 253 cm³/mol. The SMILES string of the molecule is COCCOCCOCCOc1ccc(C2(c3ccc(COCCOCCOCCO)c(C)c3)c3cc(C)ccc3-c3ccc(-c4ccc5cc(C)ccc5c4)cc32)cc1N(C)C. The third-order valence-corrected chi connectivity index (χ3v) is 11.8. The van der Waals surface area contributed by atoms with Crippen molar-refractivity contribution in [3.63, 3.8) is 0 Å². The van der Waals surface area contributed by atoms with Gasteiger partial charge >= 0.3 is 0 Å². The first-order valence-electron chi connectivity index (χ1n) is 22.0. The van der Waals surface area contributed by atoms with Crippen molar-refractivity contribution in [3.8, 4) is 28.0 Å². The predicted octanol–water partition coefficient (Wildman–Crippen LogP) is 9.46. The fourth-order valence-electron chi connectivity index (χ4n) is 8.63. The number of aliphatic hydroxyl groups is 1. The van der Waals surface area contributed by atoms with Gasteiger partial charge in [0.1, 0.15) is 12.4 Å². The zero-order valence-corrected chi connectivity index (χ0v) is 37.8. The number of aryl methyl sites for hydroxylation is 3. The van der Waals surface area contributed by atoms with Crippen LogP contribution in [-0.4, -0.2) is 106 Å². The van der Waals surface area contributed by atoms with E-state index >= 15 is 0 Å². The molecule has 1 N–H and O–H groups in total. The van der Waals surface area contributed by atoms with E-state index in [1.807, 2.05) is 0 Å². The summed E-state index contributed by atoms with van der Waals surface area (Å²) in [5.41, 5.74) is 14.7. The van der Waals surface area contributed by atoms with E-state index in [2.05, 4.69) is 149 Å². The van der Waals surface area contributed by atoms with Gasteiger partial charge in [-0.1, -0.05) is 96.1 Å². The molecule has 0 bridgehead atoms. The van der Waals surface area contributed by atoms with Crippen LogP contribution in [0.2, 0.25) is 0 Å².